The van der Waals surface area contributed by atoms with Crippen LogP contribution in [0.15, 0.2) is 24.3 Å². The first-order valence-corrected chi connectivity index (χ1v) is 4.61. The Kier molecular flexibility index (Phi) is 2.13. The lowest BCUT2D eigenvalue weighted by Crippen LogP contribution is -1.93. The molecule has 1 aromatic carbocycles. The van der Waals surface area contributed by atoms with E-state index in [0.29, 0.717) is 6.10 Å². The minimum atomic E-state index is 0.367. The Morgan fingerprint density at radius 1 is 1.42 bits per heavy atom. The second-order valence-electron chi connectivity index (χ2n) is 3.29. The van der Waals surface area contributed by atoms with Gasteiger partial charge in [0.25, 0.3) is 0 Å². The zero-order valence-electron chi connectivity index (χ0n) is 7.42. The van der Waals surface area contributed by atoms with Gasteiger partial charge in [-0.3, -0.25) is 0 Å². The third-order valence-corrected chi connectivity index (χ3v) is 2.39. The molecule has 0 fully saturated rings. The molecule has 0 bridgehead atoms. The van der Waals surface area contributed by atoms with Crippen molar-refractivity contribution < 1.29 is 4.74 Å². The normalized spacial score (nSPS) is 20.9. The molecule has 0 radical (unpaired) electrons. The van der Waals surface area contributed by atoms with Crippen molar-refractivity contribution in [2.45, 2.75) is 32.5 Å². The largest absolute Gasteiger partial charge is 0.369 e. The van der Waals surface area contributed by atoms with Gasteiger partial charge in [-0.05, 0) is 17.5 Å². The van der Waals surface area contributed by atoms with Crippen LogP contribution in [0.3, 0.4) is 0 Å². The van der Waals surface area contributed by atoms with E-state index in [9.17, 15) is 0 Å². The summed E-state index contributed by atoms with van der Waals surface area (Å²) in [6.45, 7) is 3.01. The van der Waals surface area contributed by atoms with Gasteiger partial charge in [-0.1, -0.05) is 37.6 Å². The predicted molar refractivity (Wildman–Crippen MR) is 48.9 cm³/mol. The standard InChI is InChI=1S/C11H14O/c1-2-5-11-10-7-4-3-6-9(10)8-12-11/h3-4,6-7,11H,2,5,8H2,1H3. The van der Waals surface area contributed by atoms with Crippen molar-refractivity contribution in [3.8, 4) is 0 Å². The van der Waals surface area contributed by atoms with Crippen LogP contribution < -0.4 is 0 Å². The number of ether oxygens (including phenoxy) is 1. The molecule has 2 rings (SSSR count). The summed E-state index contributed by atoms with van der Waals surface area (Å²) in [5.74, 6) is 0. The van der Waals surface area contributed by atoms with Crippen molar-refractivity contribution in [3.63, 3.8) is 0 Å². The van der Waals surface area contributed by atoms with E-state index in [1.54, 1.807) is 0 Å². The molecule has 1 unspecified atom stereocenters. The average Bonchev–Trinajstić information content (AvgIpc) is 2.50. The van der Waals surface area contributed by atoms with Crippen LogP contribution in [0.1, 0.15) is 37.0 Å². The number of rotatable bonds is 2. The van der Waals surface area contributed by atoms with Crippen LogP contribution in [0.2, 0.25) is 0 Å². The van der Waals surface area contributed by atoms with E-state index in [0.717, 1.165) is 13.0 Å². The van der Waals surface area contributed by atoms with Gasteiger partial charge in [-0.2, -0.15) is 0 Å². The SMILES string of the molecule is CCCC1OCc2ccccc21. The zero-order valence-corrected chi connectivity index (χ0v) is 7.42. The van der Waals surface area contributed by atoms with Crippen LogP contribution in [-0.4, -0.2) is 0 Å². The molecular weight excluding hydrogens is 148 g/mol. The van der Waals surface area contributed by atoms with Gasteiger partial charge in [-0.15, -0.1) is 0 Å². The molecule has 0 amide bonds. The lowest BCUT2D eigenvalue weighted by Gasteiger charge is -2.08. The lowest BCUT2D eigenvalue weighted by atomic mass is 10.0. The molecule has 0 N–H and O–H groups in total. The summed E-state index contributed by atoms with van der Waals surface area (Å²) in [6, 6.07) is 8.51. The Labute approximate surface area is 73.4 Å². The molecule has 0 saturated carbocycles. The molecule has 1 aliphatic rings. The number of fused-ring (bicyclic) bond motifs is 1. The molecule has 1 nitrogen and oxygen atoms in total. The average molecular weight is 162 g/mol. The van der Waals surface area contributed by atoms with Gasteiger partial charge in [0.2, 0.25) is 0 Å². The second kappa shape index (κ2) is 3.28. The summed E-state index contributed by atoms with van der Waals surface area (Å²) in [5, 5.41) is 0. The number of hydrogen-bond acceptors (Lipinski definition) is 1. The van der Waals surface area contributed by atoms with E-state index in [4.69, 9.17) is 4.74 Å². The van der Waals surface area contributed by atoms with Crippen molar-refractivity contribution in [1.29, 1.82) is 0 Å². The smallest absolute Gasteiger partial charge is 0.0832 e. The molecule has 0 spiro atoms. The fourth-order valence-electron chi connectivity index (χ4n) is 1.76. The highest BCUT2D eigenvalue weighted by atomic mass is 16.5. The van der Waals surface area contributed by atoms with Crippen molar-refractivity contribution >= 4 is 0 Å². The van der Waals surface area contributed by atoms with Crippen LogP contribution in [0.25, 0.3) is 0 Å². The predicted octanol–water partition coefficient (Wildman–Crippen LogP) is 3.06. The zero-order chi connectivity index (χ0) is 8.39. The summed E-state index contributed by atoms with van der Waals surface area (Å²) in [6.07, 6.45) is 2.71. The minimum Gasteiger partial charge on any atom is -0.369 e. The maximum absolute atomic E-state index is 5.66. The van der Waals surface area contributed by atoms with E-state index in [-0.39, 0.29) is 0 Å². The molecule has 12 heavy (non-hydrogen) atoms. The number of hydrogen-bond donors (Lipinski definition) is 0. The topological polar surface area (TPSA) is 9.23 Å². The molecule has 1 heteroatoms. The van der Waals surface area contributed by atoms with Crippen LogP contribution in [0, 0.1) is 0 Å². The summed E-state index contributed by atoms with van der Waals surface area (Å²) in [4.78, 5) is 0. The van der Waals surface area contributed by atoms with Gasteiger partial charge >= 0.3 is 0 Å². The van der Waals surface area contributed by atoms with E-state index >= 15 is 0 Å². The second-order valence-corrected chi connectivity index (χ2v) is 3.29. The first kappa shape index (κ1) is 7.81. The van der Waals surface area contributed by atoms with Gasteiger partial charge in [0, 0.05) is 0 Å². The van der Waals surface area contributed by atoms with Gasteiger partial charge < -0.3 is 4.74 Å². The number of benzene rings is 1. The highest BCUT2D eigenvalue weighted by Gasteiger charge is 2.20. The molecule has 0 aliphatic carbocycles. The quantitative estimate of drug-likeness (QED) is 0.649. The molecular formula is C11H14O. The first-order chi connectivity index (χ1) is 5.92. The highest BCUT2D eigenvalue weighted by molar-refractivity contribution is 5.31. The van der Waals surface area contributed by atoms with Gasteiger partial charge in [0.05, 0.1) is 12.7 Å². The lowest BCUT2D eigenvalue weighted by molar-refractivity contribution is 0.0596. The van der Waals surface area contributed by atoms with Crippen LogP contribution in [0.5, 0.6) is 0 Å². The maximum Gasteiger partial charge on any atom is 0.0832 e. The van der Waals surface area contributed by atoms with E-state index in [2.05, 4.69) is 31.2 Å². The van der Waals surface area contributed by atoms with Crippen molar-refractivity contribution in [1.82, 2.24) is 0 Å². The maximum atomic E-state index is 5.66. The van der Waals surface area contributed by atoms with E-state index in [1.165, 1.54) is 17.5 Å². The Balaban J connectivity index is 2.24. The molecule has 0 saturated heterocycles. The summed E-state index contributed by atoms with van der Waals surface area (Å²) >= 11 is 0. The summed E-state index contributed by atoms with van der Waals surface area (Å²) in [5.41, 5.74) is 2.77. The molecule has 1 aromatic rings. The highest BCUT2D eigenvalue weighted by Crippen LogP contribution is 2.33. The van der Waals surface area contributed by atoms with Crippen molar-refractivity contribution in [3.05, 3.63) is 35.4 Å². The molecule has 1 atom stereocenters. The molecule has 1 aliphatic heterocycles. The monoisotopic (exact) mass is 162 g/mol. The third kappa shape index (κ3) is 1.25. The van der Waals surface area contributed by atoms with Gasteiger partial charge in [0.1, 0.15) is 0 Å². The Hall–Kier alpha value is -0.820. The van der Waals surface area contributed by atoms with Gasteiger partial charge in [0.15, 0.2) is 0 Å². The molecule has 1 heterocycles. The Morgan fingerprint density at radius 2 is 2.25 bits per heavy atom. The van der Waals surface area contributed by atoms with Gasteiger partial charge in [-0.25, -0.2) is 0 Å². The summed E-state index contributed by atoms with van der Waals surface area (Å²) in [7, 11) is 0. The molecule has 0 aromatic heterocycles. The van der Waals surface area contributed by atoms with Crippen molar-refractivity contribution in [2.75, 3.05) is 0 Å². The third-order valence-electron chi connectivity index (χ3n) is 2.39. The fraction of sp³-hybridized carbons (Fsp3) is 0.455. The van der Waals surface area contributed by atoms with E-state index in [1.807, 2.05) is 0 Å². The van der Waals surface area contributed by atoms with Crippen LogP contribution >= 0.6 is 0 Å². The van der Waals surface area contributed by atoms with E-state index < -0.39 is 0 Å². The minimum absolute atomic E-state index is 0.367. The molecule has 64 valence electrons. The Morgan fingerprint density at radius 3 is 3.08 bits per heavy atom. The van der Waals surface area contributed by atoms with Crippen LogP contribution in [-0.2, 0) is 11.3 Å². The van der Waals surface area contributed by atoms with Crippen molar-refractivity contribution in [2.24, 2.45) is 0 Å². The summed E-state index contributed by atoms with van der Waals surface area (Å²) < 4.78 is 5.66. The fourth-order valence-corrected chi connectivity index (χ4v) is 1.76. The van der Waals surface area contributed by atoms with Crippen LogP contribution in [0.4, 0.5) is 0 Å². The Bertz CT molecular complexity index is 265. The first-order valence-electron chi connectivity index (χ1n) is 4.61.